The molecular formula is C24H26N6O2. The van der Waals surface area contributed by atoms with Gasteiger partial charge in [-0.3, -0.25) is 14.3 Å². The molecular weight excluding hydrogens is 404 g/mol. The summed E-state index contributed by atoms with van der Waals surface area (Å²) in [5.41, 5.74) is 9.56. The van der Waals surface area contributed by atoms with Gasteiger partial charge in [0.2, 0.25) is 5.91 Å². The number of amides is 2. The fraction of sp³-hybridized carbons (Fsp3) is 0.250. The van der Waals surface area contributed by atoms with Gasteiger partial charge < -0.3 is 16.0 Å². The summed E-state index contributed by atoms with van der Waals surface area (Å²) in [6.45, 7) is 2.87. The Balaban J connectivity index is 1.41. The average molecular weight is 431 g/mol. The van der Waals surface area contributed by atoms with E-state index in [2.05, 4.69) is 15.4 Å². The first-order valence-corrected chi connectivity index (χ1v) is 10.5. The molecule has 2 amide bonds. The summed E-state index contributed by atoms with van der Waals surface area (Å²) in [7, 11) is 1.83. The Labute approximate surface area is 186 Å². The van der Waals surface area contributed by atoms with Crippen LogP contribution in [0.1, 0.15) is 29.3 Å². The van der Waals surface area contributed by atoms with Crippen LogP contribution in [0.2, 0.25) is 0 Å². The maximum atomic E-state index is 12.9. The van der Waals surface area contributed by atoms with Crippen LogP contribution in [0.5, 0.6) is 0 Å². The Morgan fingerprint density at radius 3 is 2.69 bits per heavy atom. The lowest BCUT2D eigenvalue weighted by molar-refractivity contribution is -0.126. The van der Waals surface area contributed by atoms with E-state index in [0.717, 1.165) is 16.7 Å². The molecule has 1 saturated heterocycles. The minimum atomic E-state index is -0.295. The highest BCUT2D eigenvalue weighted by atomic mass is 16.2. The van der Waals surface area contributed by atoms with E-state index in [-0.39, 0.29) is 23.7 Å². The van der Waals surface area contributed by atoms with Crippen molar-refractivity contribution >= 4 is 23.7 Å². The first kappa shape index (κ1) is 21.3. The smallest absolute Gasteiger partial charge is 0.255 e. The third kappa shape index (κ3) is 4.69. The van der Waals surface area contributed by atoms with Gasteiger partial charge in [0.25, 0.3) is 5.91 Å². The van der Waals surface area contributed by atoms with E-state index in [1.807, 2.05) is 56.6 Å². The summed E-state index contributed by atoms with van der Waals surface area (Å²) in [5, 5.41) is 7.15. The van der Waals surface area contributed by atoms with Crippen molar-refractivity contribution in [3.8, 4) is 11.1 Å². The number of carbonyl (C=O) groups is 2. The minimum Gasteiger partial charge on any atom is -0.383 e. The third-order valence-electron chi connectivity index (χ3n) is 5.53. The maximum Gasteiger partial charge on any atom is 0.255 e. The predicted octanol–water partition coefficient (Wildman–Crippen LogP) is 2.50. The molecule has 0 spiro atoms. The van der Waals surface area contributed by atoms with Gasteiger partial charge in [0.1, 0.15) is 5.82 Å². The van der Waals surface area contributed by atoms with Gasteiger partial charge in [0, 0.05) is 55.3 Å². The van der Waals surface area contributed by atoms with Gasteiger partial charge in [-0.05, 0) is 31.1 Å². The van der Waals surface area contributed by atoms with Crippen molar-refractivity contribution < 1.29 is 9.59 Å². The molecule has 0 bridgehead atoms. The molecule has 0 radical (unpaired) electrons. The first-order valence-electron chi connectivity index (χ1n) is 10.5. The minimum absolute atomic E-state index is 0.0228. The molecule has 164 valence electrons. The van der Waals surface area contributed by atoms with Crippen LogP contribution in [-0.2, 0) is 11.8 Å². The number of anilines is 1. The molecule has 3 heterocycles. The number of pyridine rings is 1. The lowest BCUT2D eigenvalue weighted by Crippen LogP contribution is -2.39. The van der Waals surface area contributed by atoms with E-state index in [0.29, 0.717) is 30.6 Å². The summed E-state index contributed by atoms with van der Waals surface area (Å²) >= 11 is 0. The Hall–Kier alpha value is -3.94. The Bertz CT molecular complexity index is 1170. The SMILES string of the molecule is C/C(=C\c1ccccc1)C(=O)N1CC[C@@H](NC(=O)c2cc(-c3cnn(C)c3)cnc2N)C1. The van der Waals surface area contributed by atoms with E-state index in [9.17, 15) is 9.59 Å². The van der Waals surface area contributed by atoms with Crippen LogP contribution < -0.4 is 11.1 Å². The average Bonchev–Trinajstić information content (AvgIpc) is 3.43. The number of nitrogen functional groups attached to an aromatic ring is 1. The van der Waals surface area contributed by atoms with Crippen molar-refractivity contribution in [3.63, 3.8) is 0 Å². The largest absolute Gasteiger partial charge is 0.383 e. The molecule has 1 aromatic carbocycles. The number of carbonyl (C=O) groups excluding carboxylic acids is 2. The molecule has 0 unspecified atom stereocenters. The van der Waals surface area contributed by atoms with Crippen LogP contribution in [0.15, 0.2) is 60.6 Å². The number of rotatable bonds is 5. The van der Waals surface area contributed by atoms with Crippen molar-refractivity contribution in [1.29, 1.82) is 0 Å². The van der Waals surface area contributed by atoms with Crippen LogP contribution in [0.3, 0.4) is 0 Å². The zero-order chi connectivity index (χ0) is 22.7. The molecule has 0 aliphatic carbocycles. The fourth-order valence-electron chi connectivity index (χ4n) is 3.82. The molecule has 2 aromatic heterocycles. The first-order chi connectivity index (χ1) is 15.4. The van der Waals surface area contributed by atoms with Gasteiger partial charge in [0.15, 0.2) is 0 Å². The molecule has 3 aromatic rings. The lowest BCUT2D eigenvalue weighted by Gasteiger charge is -2.18. The molecule has 3 N–H and O–H groups in total. The summed E-state index contributed by atoms with van der Waals surface area (Å²) in [6.07, 6.45) is 7.75. The molecule has 1 fully saturated rings. The van der Waals surface area contributed by atoms with Crippen LogP contribution in [0.4, 0.5) is 5.82 Å². The van der Waals surface area contributed by atoms with E-state index >= 15 is 0 Å². The number of aryl methyl sites for hydroxylation is 1. The molecule has 1 atom stereocenters. The van der Waals surface area contributed by atoms with Crippen molar-refractivity contribution in [2.75, 3.05) is 18.8 Å². The predicted molar refractivity (Wildman–Crippen MR) is 123 cm³/mol. The fourth-order valence-corrected chi connectivity index (χ4v) is 3.82. The highest BCUT2D eigenvalue weighted by molar-refractivity contribution is 6.00. The molecule has 8 heteroatoms. The normalized spacial score (nSPS) is 16.2. The van der Waals surface area contributed by atoms with Gasteiger partial charge in [-0.1, -0.05) is 30.3 Å². The Kier molecular flexibility index (Phi) is 6.02. The van der Waals surface area contributed by atoms with Crippen molar-refractivity contribution in [2.45, 2.75) is 19.4 Å². The lowest BCUT2D eigenvalue weighted by atomic mass is 10.1. The summed E-state index contributed by atoms with van der Waals surface area (Å²) in [6, 6.07) is 11.3. The molecule has 32 heavy (non-hydrogen) atoms. The second-order valence-electron chi connectivity index (χ2n) is 8.01. The maximum absolute atomic E-state index is 12.9. The van der Waals surface area contributed by atoms with E-state index in [1.165, 1.54) is 0 Å². The van der Waals surface area contributed by atoms with Gasteiger partial charge in [-0.2, -0.15) is 5.10 Å². The third-order valence-corrected chi connectivity index (χ3v) is 5.53. The quantitative estimate of drug-likeness (QED) is 0.605. The number of nitrogens with two attached hydrogens (primary N) is 1. The van der Waals surface area contributed by atoms with Crippen LogP contribution in [0, 0.1) is 0 Å². The van der Waals surface area contributed by atoms with Crippen molar-refractivity contribution in [1.82, 2.24) is 25.0 Å². The summed E-state index contributed by atoms with van der Waals surface area (Å²) in [4.78, 5) is 31.7. The van der Waals surface area contributed by atoms with Crippen LogP contribution in [0.25, 0.3) is 17.2 Å². The van der Waals surface area contributed by atoms with E-state index < -0.39 is 0 Å². The Morgan fingerprint density at radius 2 is 1.97 bits per heavy atom. The topological polar surface area (TPSA) is 106 Å². The standard InChI is InChI=1S/C24H26N6O2/c1-16(10-17-6-4-3-5-7-17)24(32)30-9-8-20(15-30)28-23(31)21-11-18(12-26-22(21)25)19-13-27-29(2)14-19/h3-7,10-14,20H,8-9,15H2,1-2H3,(H2,25,26)(H,28,31)/b16-10+/t20-/m1/s1. The Morgan fingerprint density at radius 1 is 1.19 bits per heavy atom. The monoisotopic (exact) mass is 430 g/mol. The van der Waals surface area contributed by atoms with Crippen molar-refractivity contribution in [3.05, 3.63) is 71.7 Å². The molecule has 0 saturated carbocycles. The molecule has 1 aliphatic heterocycles. The highest BCUT2D eigenvalue weighted by Crippen LogP contribution is 2.22. The zero-order valence-electron chi connectivity index (χ0n) is 18.2. The second-order valence-corrected chi connectivity index (χ2v) is 8.01. The number of hydrogen-bond acceptors (Lipinski definition) is 5. The van der Waals surface area contributed by atoms with E-state index in [1.54, 1.807) is 28.0 Å². The number of likely N-dealkylation sites (tertiary alicyclic amines) is 1. The number of hydrogen-bond donors (Lipinski definition) is 2. The van der Waals surface area contributed by atoms with Crippen molar-refractivity contribution in [2.24, 2.45) is 7.05 Å². The second kappa shape index (κ2) is 9.05. The van der Waals surface area contributed by atoms with Gasteiger partial charge >= 0.3 is 0 Å². The zero-order valence-corrected chi connectivity index (χ0v) is 18.2. The van der Waals surface area contributed by atoms with Crippen LogP contribution in [-0.4, -0.2) is 50.6 Å². The number of aromatic nitrogens is 3. The molecule has 4 rings (SSSR count). The van der Waals surface area contributed by atoms with Gasteiger partial charge in [-0.15, -0.1) is 0 Å². The number of nitrogens with one attached hydrogen (secondary N) is 1. The highest BCUT2D eigenvalue weighted by Gasteiger charge is 2.28. The van der Waals surface area contributed by atoms with Crippen LogP contribution >= 0.6 is 0 Å². The molecule has 1 aliphatic rings. The molecule has 8 nitrogen and oxygen atoms in total. The summed E-state index contributed by atoms with van der Waals surface area (Å²) < 4.78 is 1.68. The number of nitrogens with zero attached hydrogens (tertiary/aromatic N) is 4. The summed E-state index contributed by atoms with van der Waals surface area (Å²) in [5.74, 6) is -0.148. The van der Waals surface area contributed by atoms with Gasteiger partial charge in [-0.25, -0.2) is 4.98 Å². The van der Waals surface area contributed by atoms with Gasteiger partial charge in [0.05, 0.1) is 11.8 Å². The van der Waals surface area contributed by atoms with E-state index in [4.69, 9.17) is 5.73 Å². The number of benzene rings is 1.